The third-order valence-electron chi connectivity index (χ3n) is 7.36. The Morgan fingerprint density at radius 3 is 2.74 bits per heavy atom. The van der Waals surface area contributed by atoms with Gasteiger partial charge in [-0.3, -0.25) is 14.7 Å². The Morgan fingerprint density at radius 1 is 1.28 bits per heavy atom. The first-order chi connectivity index (χ1) is 18.9. The van der Waals surface area contributed by atoms with Gasteiger partial charge in [0.15, 0.2) is 10.8 Å². The summed E-state index contributed by atoms with van der Waals surface area (Å²) >= 11 is 1.50. The molecule has 0 bridgehead atoms. The zero-order valence-corrected chi connectivity index (χ0v) is 23.7. The third-order valence-corrected chi connectivity index (χ3v) is 8.14. The molecule has 9 nitrogen and oxygen atoms in total. The van der Waals surface area contributed by atoms with Crippen LogP contribution in [0.3, 0.4) is 0 Å². The van der Waals surface area contributed by atoms with E-state index in [1.165, 1.54) is 11.3 Å². The molecule has 0 aliphatic carbocycles. The van der Waals surface area contributed by atoms with Gasteiger partial charge in [0.1, 0.15) is 5.78 Å². The number of likely N-dealkylation sites (tertiary alicyclic amines) is 1. The molecule has 3 heterocycles. The molecule has 4 rings (SSSR count). The summed E-state index contributed by atoms with van der Waals surface area (Å²) in [4.78, 5) is 49.1. The fourth-order valence-electron chi connectivity index (χ4n) is 4.98. The van der Waals surface area contributed by atoms with Crippen molar-refractivity contribution in [2.45, 2.75) is 40.0 Å². The lowest BCUT2D eigenvalue weighted by atomic mass is 9.86. The van der Waals surface area contributed by atoms with Crippen molar-refractivity contribution in [1.82, 2.24) is 15.2 Å². The number of rotatable bonds is 12. The number of piperidine rings is 1. The quantitative estimate of drug-likeness (QED) is 0.318. The summed E-state index contributed by atoms with van der Waals surface area (Å²) in [5, 5.41) is 6.05. The summed E-state index contributed by atoms with van der Waals surface area (Å²) in [6.45, 7) is 9.07. The number of ketones is 1. The number of carbonyl (C=O) groups excluding carboxylic acids is 3. The van der Waals surface area contributed by atoms with Gasteiger partial charge in [-0.2, -0.15) is 0 Å². The van der Waals surface area contributed by atoms with Crippen LogP contribution in [0.25, 0.3) is 0 Å². The molecule has 1 fully saturated rings. The molecule has 1 N–H and O–H groups in total. The minimum atomic E-state index is -0.345. The first kappa shape index (κ1) is 28.6. The molecular formula is C29H37N5O4S. The van der Waals surface area contributed by atoms with Crippen LogP contribution in [0.2, 0.25) is 0 Å². The number of aromatic nitrogens is 1. The Bertz CT molecular complexity index is 1210. The Hall–Kier alpha value is -3.37. The predicted octanol–water partition coefficient (Wildman–Crippen LogP) is 3.45. The maximum atomic E-state index is 12.7. The van der Waals surface area contributed by atoms with Gasteiger partial charge >= 0.3 is 5.97 Å². The third kappa shape index (κ3) is 7.60. The number of benzene rings is 1. The molecule has 1 aromatic heterocycles. The van der Waals surface area contributed by atoms with E-state index in [0.717, 1.165) is 47.9 Å². The highest BCUT2D eigenvalue weighted by atomic mass is 32.1. The number of amidine groups is 1. The van der Waals surface area contributed by atoms with Gasteiger partial charge in [0.2, 0.25) is 6.41 Å². The van der Waals surface area contributed by atoms with E-state index in [0.29, 0.717) is 49.9 Å². The first-order valence-electron chi connectivity index (χ1n) is 13.5. The summed E-state index contributed by atoms with van der Waals surface area (Å²) in [6.07, 6.45) is 4.86. The number of Topliss-reactive ketones (excluding diaryl/α,β-unsaturated/α-hetero) is 1. The van der Waals surface area contributed by atoms with Crippen LogP contribution >= 0.6 is 11.3 Å². The van der Waals surface area contributed by atoms with E-state index >= 15 is 0 Å². The summed E-state index contributed by atoms with van der Waals surface area (Å²) in [6, 6.07) is 7.89. The summed E-state index contributed by atoms with van der Waals surface area (Å²) in [5.74, 6) is 1.22. The maximum absolute atomic E-state index is 12.7. The predicted molar refractivity (Wildman–Crippen MR) is 153 cm³/mol. The van der Waals surface area contributed by atoms with Crippen LogP contribution in [-0.2, 0) is 25.5 Å². The molecule has 2 aliphatic rings. The molecule has 2 aliphatic heterocycles. The van der Waals surface area contributed by atoms with E-state index in [4.69, 9.17) is 4.74 Å². The molecule has 2 aromatic rings. The number of carbonyl (C=O) groups is 3. The van der Waals surface area contributed by atoms with Gasteiger partial charge in [0.25, 0.3) is 0 Å². The van der Waals surface area contributed by atoms with Crippen molar-refractivity contribution in [2.75, 3.05) is 44.2 Å². The number of nitrogens with zero attached hydrogens (tertiary/aromatic N) is 4. The fraction of sp³-hybridized carbons (Fsp3) is 0.483. The van der Waals surface area contributed by atoms with Crippen molar-refractivity contribution in [3.05, 3.63) is 57.7 Å². The monoisotopic (exact) mass is 551 g/mol. The second-order valence-electron chi connectivity index (χ2n) is 10.2. The van der Waals surface area contributed by atoms with Gasteiger partial charge in [-0.15, -0.1) is 11.3 Å². The van der Waals surface area contributed by atoms with Crippen molar-refractivity contribution in [3.63, 3.8) is 0 Å². The van der Waals surface area contributed by atoms with Crippen LogP contribution in [0.4, 0.5) is 5.69 Å². The summed E-state index contributed by atoms with van der Waals surface area (Å²) in [7, 11) is 0. The summed E-state index contributed by atoms with van der Waals surface area (Å²) < 4.78 is 5.32. The second-order valence-corrected chi connectivity index (χ2v) is 11.1. The average Bonchev–Trinajstić information content (AvgIpc) is 3.48. The van der Waals surface area contributed by atoms with E-state index in [2.05, 4.69) is 27.1 Å². The number of esters is 1. The Labute approximate surface area is 234 Å². The van der Waals surface area contributed by atoms with Gasteiger partial charge in [0, 0.05) is 49.0 Å². The van der Waals surface area contributed by atoms with Gasteiger partial charge in [0.05, 0.1) is 18.7 Å². The SMILES string of the molecule is CCOC(=O)C1=C(CN2CCC(C)C(CN(C=O)c3ccc(CCC(C)=O)cc3)C2)NC(c2nccs2)=NC1. The second kappa shape index (κ2) is 13.6. The number of hydrogen-bond acceptors (Lipinski definition) is 9. The number of nitrogens with one attached hydrogen (secondary N) is 1. The molecule has 1 amide bonds. The molecule has 0 radical (unpaired) electrons. The fourth-order valence-corrected chi connectivity index (χ4v) is 5.58. The van der Waals surface area contributed by atoms with Crippen LogP contribution in [0.15, 0.2) is 52.1 Å². The number of hydrogen-bond donors (Lipinski definition) is 1. The molecule has 1 aromatic carbocycles. The van der Waals surface area contributed by atoms with Crippen molar-refractivity contribution >= 4 is 41.0 Å². The molecule has 0 spiro atoms. The van der Waals surface area contributed by atoms with Gasteiger partial charge in [-0.05, 0) is 62.8 Å². The molecule has 1 saturated heterocycles. The number of anilines is 1. The van der Waals surface area contributed by atoms with Crippen LogP contribution in [0.5, 0.6) is 0 Å². The van der Waals surface area contributed by atoms with Crippen molar-refractivity contribution in [1.29, 1.82) is 0 Å². The smallest absolute Gasteiger partial charge is 0.337 e. The first-order valence-corrected chi connectivity index (χ1v) is 14.4. The number of aliphatic imine (C=N–C) groups is 1. The standard InChI is InChI=1S/C29H37N5O4S/c1-4-38-29(37)25-15-31-27(28-30-12-14-39-28)32-26(25)18-33-13-11-20(2)23(16-33)17-34(19-35)24-9-7-22(8-10-24)6-5-21(3)36/h7-10,12,14,19-20,23H,4-6,11,13,15-18H2,1-3H3,(H,31,32). The van der Waals surface area contributed by atoms with Crippen molar-refractivity contribution in [2.24, 2.45) is 16.8 Å². The minimum Gasteiger partial charge on any atom is -0.463 e. The molecule has 2 atom stereocenters. The van der Waals surface area contributed by atoms with Crippen LogP contribution in [-0.4, -0.2) is 73.2 Å². The Morgan fingerprint density at radius 2 is 2.08 bits per heavy atom. The van der Waals surface area contributed by atoms with E-state index < -0.39 is 0 Å². The lowest BCUT2D eigenvalue weighted by molar-refractivity contribution is -0.138. The number of thiazole rings is 1. The largest absolute Gasteiger partial charge is 0.463 e. The van der Waals surface area contributed by atoms with Gasteiger partial charge in [-0.25, -0.2) is 9.78 Å². The highest BCUT2D eigenvalue weighted by Crippen LogP contribution is 2.27. The Kier molecular flexibility index (Phi) is 10.00. The van der Waals surface area contributed by atoms with Crippen LogP contribution < -0.4 is 10.2 Å². The number of amides is 1. The topological polar surface area (TPSA) is 104 Å². The van der Waals surface area contributed by atoms with E-state index in [-0.39, 0.29) is 24.2 Å². The number of ether oxygens (including phenoxy) is 1. The minimum absolute atomic E-state index is 0.171. The van der Waals surface area contributed by atoms with Crippen molar-refractivity contribution in [3.8, 4) is 0 Å². The van der Waals surface area contributed by atoms with Crippen LogP contribution in [0.1, 0.15) is 44.2 Å². The molecule has 0 saturated carbocycles. The molecule has 208 valence electrons. The highest BCUT2D eigenvalue weighted by molar-refractivity contribution is 7.11. The van der Waals surface area contributed by atoms with Crippen molar-refractivity contribution < 1.29 is 19.1 Å². The van der Waals surface area contributed by atoms with E-state index in [9.17, 15) is 14.4 Å². The normalized spacial score (nSPS) is 19.7. The highest BCUT2D eigenvalue weighted by Gasteiger charge is 2.31. The molecular weight excluding hydrogens is 514 g/mol. The molecule has 39 heavy (non-hydrogen) atoms. The van der Waals surface area contributed by atoms with E-state index in [1.807, 2.05) is 29.6 Å². The Balaban J connectivity index is 1.44. The molecule has 10 heteroatoms. The zero-order chi connectivity index (χ0) is 27.8. The van der Waals surface area contributed by atoms with Gasteiger partial charge < -0.3 is 19.7 Å². The lowest BCUT2D eigenvalue weighted by Crippen LogP contribution is -2.47. The summed E-state index contributed by atoms with van der Waals surface area (Å²) in [5.41, 5.74) is 3.29. The zero-order valence-electron chi connectivity index (χ0n) is 22.9. The molecule has 2 unspecified atom stereocenters. The average molecular weight is 552 g/mol. The van der Waals surface area contributed by atoms with E-state index in [1.54, 1.807) is 24.9 Å². The number of aryl methyl sites for hydroxylation is 1. The van der Waals surface area contributed by atoms with Crippen LogP contribution in [0, 0.1) is 11.8 Å². The van der Waals surface area contributed by atoms with Gasteiger partial charge in [-0.1, -0.05) is 19.1 Å². The maximum Gasteiger partial charge on any atom is 0.337 e. The lowest BCUT2D eigenvalue weighted by Gasteiger charge is -2.39.